The molecule has 0 aliphatic rings. The molecule has 3 amide bonds. The Hall–Kier alpha value is -4.14. The standard InChI is InChI=1S/C23H26N6O3/c1-13-16(17-11-19(28-23(32)24-3)22(31)26-14(17)2)7-6-8-18(13)27-21(30)15-9-10-20(25-12-15)29(4)5/h6-12H,1-5H3,(H,26,31)(H,27,30)(H2,24,28,32). The van der Waals surface area contributed by atoms with E-state index in [0.717, 1.165) is 22.5 Å². The third-order valence-corrected chi connectivity index (χ3v) is 5.05. The fraction of sp³-hybridized carbons (Fsp3) is 0.217. The molecule has 9 heteroatoms. The highest BCUT2D eigenvalue weighted by atomic mass is 16.2. The van der Waals surface area contributed by atoms with Crippen LogP contribution < -0.4 is 26.4 Å². The SMILES string of the molecule is CNC(=O)Nc1cc(-c2cccc(NC(=O)c3ccc(N(C)C)nc3)c2C)c(C)[nH]c1=O. The van der Waals surface area contributed by atoms with Crippen LogP contribution in [0.3, 0.4) is 0 Å². The summed E-state index contributed by atoms with van der Waals surface area (Å²) in [4.78, 5) is 45.6. The molecule has 4 N–H and O–H groups in total. The van der Waals surface area contributed by atoms with Crippen LogP contribution in [0.2, 0.25) is 0 Å². The highest BCUT2D eigenvalue weighted by Crippen LogP contribution is 2.31. The van der Waals surface area contributed by atoms with Gasteiger partial charge in [-0.3, -0.25) is 9.59 Å². The van der Waals surface area contributed by atoms with Gasteiger partial charge in [0.15, 0.2) is 0 Å². The number of nitrogens with zero attached hydrogens (tertiary/aromatic N) is 2. The number of aryl methyl sites for hydroxylation is 1. The molecule has 0 bridgehead atoms. The molecule has 166 valence electrons. The molecule has 0 radical (unpaired) electrons. The van der Waals surface area contributed by atoms with E-state index in [9.17, 15) is 14.4 Å². The summed E-state index contributed by atoms with van der Waals surface area (Å²) in [5.41, 5.74) is 3.83. The number of carbonyl (C=O) groups is 2. The van der Waals surface area contributed by atoms with Gasteiger partial charge in [-0.1, -0.05) is 12.1 Å². The van der Waals surface area contributed by atoms with Crippen LogP contribution in [0.4, 0.5) is 22.0 Å². The molecule has 3 aromatic rings. The summed E-state index contributed by atoms with van der Waals surface area (Å²) < 4.78 is 0. The smallest absolute Gasteiger partial charge is 0.319 e. The zero-order valence-corrected chi connectivity index (χ0v) is 18.7. The summed E-state index contributed by atoms with van der Waals surface area (Å²) in [7, 11) is 5.23. The van der Waals surface area contributed by atoms with E-state index in [1.54, 1.807) is 25.1 Å². The Morgan fingerprint density at radius 3 is 2.38 bits per heavy atom. The first-order chi connectivity index (χ1) is 15.2. The van der Waals surface area contributed by atoms with Crippen LogP contribution in [0.25, 0.3) is 11.1 Å². The summed E-state index contributed by atoms with van der Waals surface area (Å²) in [6.07, 6.45) is 1.53. The van der Waals surface area contributed by atoms with E-state index >= 15 is 0 Å². The third-order valence-electron chi connectivity index (χ3n) is 5.05. The predicted octanol–water partition coefficient (Wildman–Crippen LogP) is 3.12. The molecule has 0 spiro atoms. The lowest BCUT2D eigenvalue weighted by Crippen LogP contribution is -2.28. The van der Waals surface area contributed by atoms with E-state index in [0.29, 0.717) is 16.9 Å². The Bertz CT molecular complexity index is 1220. The highest BCUT2D eigenvalue weighted by Gasteiger charge is 2.15. The van der Waals surface area contributed by atoms with Crippen LogP contribution in [0, 0.1) is 13.8 Å². The minimum absolute atomic E-state index is 0.130. The van der Waals surface area contributed by atoms with Gasteiger partial charge < -0.3 is 25.8 Å². The quantitative estimate of drug-likeness (QED) is 0.492. The molecular weight excluding hydrogens is 408 g/mol. The van der Waals surface area contributed by atoms with Gasteiger partial charge in [0, 0.05) is 44.3 Å². The normalized spacial score (nSPS) is 10.4. The maximum Gasteiger partial charge on any atom is 0.319 e. The molecule has 2 heterocycles. The Kier molecular flexibility index (Phi) is 6.58. The first kappa shape index (κ1) is 22.5. The number of carbonyl (C=O) groups excluding carboxylic acids is 2. The summed E-state index contributed by atoms with van der Waals surface area (Å²) in [5.74, 6) is 0.484. The van der Waals surface area contributed by atoms with Crippen LogP contribution >= 0.6 is 0 Å². The molecule has 3 rings (SSSR count). The average molecular weight is 435 g/mol. The number of anilines is 3. The van der Waals surface area contributed by atoms with Gasteiger partial charge in [0.25, 0.3) is 11.5 Å². The monoisotopic (exact) mass is 434 g/mol. The van der Waals surface area contributed by atoms with Crippen molar-refractivity contribution in [3.8, 4) is 11.1 Å². The van der Waals surface area contributed by atoms with Crippen molar-refractivity contribution in [3.63, 3.8) is 0 Å². The summed E-state index contributed by atoms with van der Waals surface area (Å²) >= 11 is 0. The van der Waals surface area contributed by atoms with Gasteiger partial charge in [0.2, 0.25) is 0 Å². The second-order valence-corrected chi connectivity index (χ2v) is 7.49. The van der Waals surface area contributed by atoms with Crippen molar-refractivity contribution in [1.82, 2.24) is 15.3 Å². The zero-order valence-electron chi connectivity index (χ0n) is 18.7. The number of aromatic nitrogens is 2. The number of pyridine rings is 2. The Morgan fingerprint density at radius 1 is 1.00 bits per heavy atom. The highest BCUT2D eigenvalue weighted by molar-refractivity contribution is 6.05. The molecule has 0 fully saturated rings. The summed E-state index contributed by atoms with van der Waals surface area (Å²) in [5, 5.41) is 7.88. The fourth-order valence-electron chi connectivity index (χ4n) is 3.22. The van der Waals surface area contributed by atoms with Crippen LogP contribution in [-0.2, 0) is 0 Å². The number of amides is 3. The second kappa shape index (κ2) is 9.34. The Morgan fingerprint density at radius 2 is 1.75 bits per heavy atom. The largest absolute Gasteiger partial charge is 0.363 e. The van der Waals surface area contributed by atoms with Crippen molar-refractivity contribution in [2.45, 2.75) is 13.8 Å². The second-order valence-electron chi connectivity index (χ2n) is 7.49. The maximum absolute atomic E-state index is 12.7. The molecule has 0 aliphatic carbocycles. The number of urea groups is 1. The van der Waals surface area contributed by atoms with E-state index in [-0.39, 0.29) is 11.6 Å². The lowest BCUT2D eigenvalue weighted by molar-refractivity contribution is 0.102. The first-order valence-electron chi connectivity index (χ1n) is 9.98. The van der Waals surface area contributed by atoms with Gasteiger partial charge in [-0.15, -0.1) is 0 Å². The molecule has 0 unspecified atom stereocenters. The van der Waals surface area contributed by atoms with E-state index < -0.39 is 11.6 Å². The maximum atomic E-state index is 12.7. The zero-order chi connectivity index (χ0) is 23.4. The van der Waals surface area contributed by atoms with Crippen molar-refractivity contribution in [3.05, 3.63) is 69.8 Å². The van der Waals surface area contributed by atoms with Gasteiger partial charge in [-0.2, -0.15) is 0 Å². The average Bonchev–Trinajstić information content (AvgIpc) is 2.77. The molecule has 2 aromatic heterocycles. The van der Waals surface area contributed by atoms with E-state index in [2.05, 4.69) is 25.9 Å². The topological polar surface area (TPSA) is 119 Å². The van der Waals surface area contributed by atoms with E-state index in [1.807, 2.05) is 44.1 Å². The number of rotatable bonds is 5. The molecular formula is C23H26N6O3. The van der Waals surface area contributed by atoms with Gasteiger partial charge in [-0.05, 0) is 49.2 Å². The minimum atomic E-state index is -0.489. The van der Waals surface area contributed by atoms with E-state index in [1.165, 1.54) is 13.2 Å². The predicted molar refractivity (Wildman–Crippen MR) is 127 cm³/mol. The van der Waals surface area contributed by atoms with Crippen molar-refractivity contribution < 1.29 is 9.59 Å². The summed E-state index contributed by atoms with van der Waals surface area (Å²) in [6.45, 7) is 3.66. The molecule has 0 atom stereocenters. The first-order valence-corrected chi connectivity index (χ1v) is 9.98. The van der Waals surface area contributed by atoms with Gasteiger partial charge >= 0.3 is 6.03 Å². The van der Waals surface area contributed by atoms with Crippen LogP contribution in [0.5, 0.6) is 0 Å². The fourth-order valence-corrected chi connectivity index (χ4v) is 3.22. The molecule has 9 nitrogen and oxygen atoms in total. The Balaban J connectivity index is 1.93. The minimum Gasteiger partial charge on any atom is -0.363 e. The number of hydrogen-bond acceptors (Lipinski definition) is 5. The molecule has 0 aliphatic heterocycles. The number of hydrogen-bond donors (Lipinski definition) is 4. The molecule has 0 saturated carbocycles. The van der Waals surface area contributed by atoms with Crippen LogP contribution in [-0.4, -0.2) is 43.0 Å². The van der Waals surface area contributed by atoms with Gasteiger partial charge in [0.1, 0.15) is 11.5 Å². The lowest BCUT2D eigenvalue weighted by Gasteiger charge is -2.16. The third kappa shape index (κ3) is 4.77. The number of nitrogens with one attached hydrogen (secondary N) is 4. The van der Waals surface area contributed by atoms with Crippen molar-refractivity contribution >= 4 is 29.1 Å². The Labute approximate surface area is 185 Å². The summed E-state index contributed by atoms with van der Waals surface area (Å²) in [6, 6.07) is 10.2. The van der Waals surface area contributed by atoms with Crippen LogP contribution in [0.1, 0.15) is 21.6 Å². The van der Waals surface area contributed by atoms with Gasteiger partial charge in [0.05, 0.1) is 5.56 Å². The van der Waals surface area contributed by atoms with E-state index in [4.69, 9.17) is 0 Å². The van der Waals surface area contributed by atoms with Crippen molar-refractivity contribution in [2.75, 3.05) is 36.7 Å². The molecule has 1 aromatic carbocycles. The van der Waals surface area contributed by atoms with Gasteiger partial charge in [-0.25, -0.2) is 9.78 Å². The van der Waals surface area contributed by atoms with Crippen LogP contribution in [0.15, 0.2) is 47.4 Å². The van der Waals surface area contributed by atoms with Crippen molar-refractivity contribution in [2.24, 2.45) is 0 Å². The lowest BCUT2D eigenvalue weighted by atomic mass is 9.97. The molecule has 32 heavy (non-hydrogen) atoms. The number of aromatic amines is 1. The number of H-pyrrole nitrogens is 1. The molecule has 0 saturated heterocycles. The van der Waals surface area contributed by atoms with Crippen molar-refractivity contribution in [1.29, 1.82) is 0 Å². The number of benzene rings is 1.